The molecule has 1 fully saturated rings. The van der Waals surface area contributed by atoms with Gasteiger partial charge in [-0.15, -0.1) is 35.3 Å². The molecule has 1 aromatic rings. The molecule has 23 heavy (non-hydrogen) atoms. The van der Waals surface area contributed by atoms with Gasteiger partial charge in [-0.25, -0.2) is 0 Å². The van der Waals surface area contributed by atoms with Crippen LogP contribution in [0.25, 0.3) is 0 Å². The Morgan fingerprint density at radius 3 is 2.70 bits per heavy atom. The molecule has 130 valence electrons. The maximum Gasteiger partial charge on any atom is 0.220 e. The minimum absolute atomic E-state index is 0. The van der Waals surface area contributed by atoms with Crippen LogP contribution in [0.1, 0.15) is 24.8 Å². The van der Waals surface area contributed by atoms with Crippen LogP contribution in [0.3, 0.4) is 0 Å². The molecule has 1 amide bonds. The number of nitrogens with zero attached hydrogens (tertiary/aromatic N) is 2. The van der Waals surface area contributed by atoms with Crippen molar-refractivity contribution < 1.29 is 4.79 Å². The summed E-state index contributed by atoms with van der Waals surface area (Å²) in [5, 5.41) is 8.26. The van der Waals surface area contributed by atoms with Gasteiger partial charge in [-0.1, -0.05) is 0 Å². The first-order chi connectivity index (χ1) is 10.6. The van der Waals surface area contributed by atoms with Gasteiger partial charge < -0.3 is 15.5 Å². The van der Waals surface area contributed by atoms with E-state index in [-0.39, 0.29) is 29.9 Å². The zero-order chi connectivity index (χ0) is 15.9. The number of thiophene rings is 1. The zero-order valence-electron chi connectivity index (χ0n) is 13.5. The highest BCUT2D eigenvalue weighted by Crippen LogP contribution is 2.22. The molecule has 1 aliphatic rings. The molecule has 0 bridgehead atoms. The molecule has 5 nitrogen and oxygen atoms in total. The van der Waals surface area contributed by atoms with Gasteiger partial charge in [0.25, 0.3) is 0 Å². The average Bonchev–Trinajstić information content (AvgIpc) is 2.95. The summed E-state index contributed by atoms with van der Waals surface area (Å²) < 4.78 is 1.15. The molecule has 1 aromatic heterocycles. The molecule has 0 saturated carbocycles. The van der Waals surface area contributed by atoms with Gasteiger partial charge in [0.1, 0.15) is 0 Å². The van der Waals surface area contributed by atoms with Gasteiger partial charge in [0.15, 0.2) is 5.96 Å². The molecule has 0 aliphatic carbocycles. The third kappa shape index (κ3) is 6.58. The van der Waals surface area contributed by atoms with Crippen LogP contribution in [-0.4, -0.2) is 44.0 Å². The highest BCUT2D eigenvalue weighted by Gasteiger charge is 2.22. The van der Waals surface area contributed by atoms with Crippen LogP contribution in [0.15, 0.2) is 20.2 Å². The van der Waals surface area contributed by atoms with Gasteiger partial charge in [-0.3, -0.25) is 9.79 Å². The lowest BCUT2D eigenvalue weighted by Gasteiger charge is -2.34. The molecule has 2 N–H and O–H groups in total. The Hall–Kier alpha value is -0.350. The number of piperidine rings is 1. The lowest BCUT2D eigenvalue weighted by Crippen LogP contribution is -2.45. The molecule has 0 atom stereocenters. The van der Waals surface area contributed by atoms with Crippen LogP contribution < -0.4 is 10.6 Å². The van der Waals surface area contributed by atoms with Crippen molar-refractivity contribution in [2.24, 2.45) is 10.9 Å². The van der Waals surface area contributed by atoms with E-state index in [1.807, 2.05) is 7.05 Å². The number of guanidine groups is 1. The predicted octanol–water partition coefficient (Wildman–Crippen LogP) is 3.05. The molecule has 0 radical (unpaired) electrons. The van der Waals surface area contributed by atoms with E-state index in [1.165, 1.54) is 5.56 Å². The number of carbonyl (C=O) groups excluding carboxylic acids is 1. The minimum Gasteiger partial charge on any atom is -0.359 e. The Bertz CT molecular complexity index is 529. The van der Waals surface area contributed by atoms with E-state index in [2.05, 4.69) is 47.9 Å². The first kappa shape index (κ1) is 20.7. The molecule has 2 heterocycles. The van der Waals surface area contributed by atoms with E-state index in [0.29, 0.717) is 12.3 Å². The maximum atomic E-state index is 11.4. The Morgan fingerprint density at radius 1 is 1.48 bits per heavy atom. The lowest BCUT2D eigenvalue weighted by molar-refractivity contribution is -0.121. The molecule has 0 aromatic carbocycles. The SMILES string of the molecule is CN=C(NCc1csc(Br)c1)N1CCC(CC(=O)NC)CC1.I. The molecule has 8 heteroatoms. The molecule has 2 rings (SSSR count). The van der Waals surface area contributed by atoms with Crippen LogP contribution >= 0.6 is 51.2 Å². The number of rotatable bonds is 4. The van der Waals surface area contributed by atoms with Gasteiger partial charge in [-0.2, -0.15) is 0 Å². The molecule has 1 saturated heterocycles. The maximum absolute atomic E-state index is 11.4. The van der Waals surface area contributed by atoms with E-state index >= 15 is 0 Å². The third-order valence-electron chi connectivity index (χ3n) is 3.95. The van der Waals surface area contributed by atoms with Crippen molar-refractivity contribution in [1.82, 2.24) is 15.5 Å². The number of amides is 1. The number of hydrogen-bond acceptors (Lipinski definition) is 3. The second-order valence-corrected chi connectivity index (χ2v) is 7.76. The normalized spacial score (nSPS) is 16.0. The van der Waals surface area contributed by atoms with Gasteiger partial charge in [0, 0.05) is 40.2 Å². The highest BCUT2D eigenvalue weighted by atomic mass is 127. The number of nitrogens with one attached hydrogen (secondary N) is 2. The second kappa shape index (κ2) is 10.5. The fourth-order valence-corrected chi connectivity index (χ4v) is 3.87. The van der Waals surface area contributed by atoms with E-state index in [9.17, 15) is 4.79 Å². The minimum atomic E-state index is 0. The van der Waals surface area contributed by atoms with Crippen molar-refractivity contribution in [1.29, 1.82) is 0 Å². The highest BCUT2D eigenvalue weighted by molar-refractivity contribution is 14.0. The first-order valence-corrected chi connectivity index (χ1v) is 9.18. The van der Waals surface area contributed by atoms with Crippen molar-refractivity contribution >= 4 is 63.1 Å². The van der Waals surface area contributed by atoms with Crippen LogP contribution in [0.5, 0.6) is 0 Å². The lowest BCUT2D eigenvalue weighted by atomic mass is 9.93. The van der Waals surface area contributed by atoms with Crippen molar-refractivity contribution in [2.45, 2.75) is 25.8 Å². The summed E-state index contributed by atoms with van der Waals surface area (Å²) in [5.74, 6) is 1.58. The van der Waals surface area contributed by atoms with E-state index in [1.54, 1.807) is 18.4 Å². The van der Waals surface area contributed by atoms with Crippen LogP contribution in [-0.2, 0) is 11.3 Å². The number of carbonyl (C=O) groups is 1. The van der Waals surface area contributed by atoms with Crippen LogP contribution in [0.4, 0.5) is 0 Å². The molecular formula is C15H24BrIN4OS. The van der Waals surface area contributed by atoms with Gasteiger partial charge in [0.05, 0.1) is 3.79 Å². The summed E-state index contributed by atoms with van der Waals surface area (Å²) in [7, 11) is 3.52. The molecule has 1 aliphatic heterocycles. The van der Waals surface area contributed by atoms with Crippen molar-refractivity contribution in [2.75, 3.05) is 27.2 Å². The third-order valence-corrected chi connectivity index (χ3v) is 5.50. The number of halogens is 2. The van der Waals surface area contributed by atoms with Gasteiger partial charge in [0.2, 0.25) is 5.91 Å². The number of aliphatic imine (C=N–C) groups is 1. The first-order valence-electron chi connectivity index (χ1n) is 7.51. The number of likely N-dealkylation sites (tertiary alicyclic amines) is 1. The standard InChI is InChI=1S/C15H23BrN4OS.HI/c1-17-14(21)8-11-3-5-20(6-4-11)15(18-2)19-9-12-7-13(16)22-10-12;/h7,10-11H,3-6,8-9H2,1-2H3,(H,17,21)(H,18,19);1H. The summed E-state index contributed by atoms with van der Waals surface area (Å²) in [4.78, 5) is 18.1. The Kier molecular flexibility index (Phi) is 9.45. The predicted molar refractivity (Wildman–Crippen MR) is 111 cm³/mol. The van der Waals surface area contributed by atoms with Crippen LogP contribution in [0.2, 0.25) is 0 Å². The second-order valence-electron chi connectivity index (χ2n) is 5.47. The monoisotopic (exact) mass is 514 g/mol. The zero-order valence-corrected chi connectivity index (χ0v) is 18.2. The summed E-state index contributed by atoms with van der Waals surface area (Å²) >= 11 is 5.17. The summed E-state index contributed by atoms with van der Waals surface area (Å²) in [5.41, 5.74) is 1.26. The molecular weight excluding hydrogens is 491 g/mol. The Morgan fingerprint density at radius 2 is 2.17 bits per heavy atom. The summed E-state index contributed by atoms with van der Waals surface area (Å²) in [6, 6.07) is 2.13. The largest absolute Gasteiger partial charge is 0.359 e. The fourth-order valence-electron chi connectivity index (χ4n) is 2.67. The number of hydrogen-bond donors (Lipinski definition) is 2. The van der Waals surface area contributed by atoms with Crippen molar-refractivity contribution in [3.63, 3.8) is 0 Å². The van der Waals surface area contributed by atoms with E-state index in [0.717, 1.165) is 42.2 Å². The van der Waals surface area contributed by atoms with E-state index in [4.69, 9.17) is 0 Å². The summed E-state index contributed by atoms with van der Waals surface area (Å²) in [6.07, 6.45) is 2.72. The van der Waals surface area contributed by atoms with Crippen molar-refractivity contribution in [3.8, 4) is 0 Å². The Labute approximate surface area is 167 Å². The Balaban J connectivity index is 0.00000264. The van der Waals surface area contributed by atoms with Gasteiger partial charge >= 0.3 is 0 Å². The van der Waals surface area contributed by atoms with Crippen molar-refractivity contribution in [3.05, 3.63) is 20.8 Å². The van der Waals surface area contributed by atoms with E-state index < -0.39 is 0 Å². The topological polar surface area (TPSA) is 56.7 Å². The smallest absolute Gasteiger partial charge is 0.220 e. The average molecular weight is 515 g/mol. The fraction of sp³-hybridized carbons (Fsp3) is 0.600. The summed E-state index contributed by atoms with van der Waals surface area (Å²) in [6.45, 7) is 2.69. The van der Waals surface area contributed by atoms with Crippen LogP contribution in [0, 0.1) is 5.92 Å². The van der Waals surface area contributed by atoms with Gasteiger partial charge in [-0.05, 0) is 51.7 Å². The quantitative estimate of drug-likeness (QED) is 0.369. The molecule has 0 spiro atoms. The molecule has 0 unspecified atom stereocenters.